The number of hydrogen-bond donors (Lipinski definition) is 0. The van der Waals surface area contributed by atoms with Gasteiger partial charge >= 0.3 is 11.9 Å². The number of carbonyl (C=O) groups excluding carboxylic acids is 3. The monoisotopic (exact) mass is 1180 g/mol. The number of carboxylic acids is 1. The lowest BCUT2D eigenvalue weighted by Gasteiger charge is -2.26. The molecule has 0 radical (unpaired) electrons. The molecule has 0 aliphatic carbocycles. The van der Waals surface area contributed by atoms with Crippen molar-refractivity contribution >= 4 is 17.9 Å². The molecule has 2 atom stereocenters. The fourth-order valence-corrected chi connectivity index (χ4v) is 11.7. The van der Waals surface area contributed by atoms with E-state index in [4.69, 9.17) is 18.9 Å². The van der Waals surface area contributed by atoms with Crippen molar-refractivity contribution in [2.75, 3.05) is 47.5 Å². The average Bonchev–Trinajstić information content (AvgIpc) is 3.46. The molecule has 0 N–H and O–H groups in total. The fraction of sp³-hybridized carbons (Fsp3) is 0.959. The summed E-state index contributed by atoms with van der Waals surface area (Å²) in [5.74, 6) is -2.24. The second-order valence-electron chi connectivity index (χ2n) is 27.0. The number of quaternary nitrogens is 1. The first-order valence-corrected chi connectivity index (χ1v) is 37.2. The van der Waals surface area contributed by atoms with Crippen molar-refractivity contribution in [2.45, 2.75) is 411 Å². The molecular weight excluding hydrogens is 1030 g/mol. The molecule has 0 amide bonds. The van der Waals surface area contributed by atoms with Crippen LogP contribution in [0.25, 0.3) is 0 Å². The van der Waals surface area contributed by atoms with Gasteiger partial charge in [-0.05, 0) is 12.8 Å². The van der Waals surface area contributed by atoms with Crippen LogP contribution in [0.2, 0.25) is 0 Å². The van der Waals surface area contributed by atoms with E-state index in [0.29, 0.717) is 17.4 Å². The van der Waals surface area contributed by atoms with Gasteiger partial charge in [0.25, 0.3) is 0 Å². The van der Waals surface area contributed by atoms with Crippen molar-refractivity contribution in [3.8, 4) is 0 Å². The van der Waals surface area contributed by atoms with Gasteiger partial charge in [0.1, 0.15) is 13.2 Å². The topological polar surface area (TPSA) is 111 Å². The van der Waals surface area contributed by atoms with Crippen molar-refractivity contribution in [3.63, 3.8) is 0 Å². The van der Waals surface area contributed by atoms with Crippen molar-refractivity contribution in [1.29, 1.82) is 0 Å². The number of nitrogens with zero attached hydrogens (tertiary/aromatic N) is 1. The van der Waals surface area contributed by atoms with E-state index in [9.17, 15) is 19.5 Å². The first-order valence-electron chi connectivity index (χ1n) is 37.2. The first-order chi connectivity index (χ1) is 40.6. The molecule has 0 aliphatic rings. The van der Waals surface area contributed by atoms with Gasteiger partial charge in [0.15, 0.2) is 12.4 Å². The van der Waals surface area contributed by atoms with Crippen LogP contribution in [0.4, 0.5) is 0 Å². The highest BCUT2D eigenvalue weighted by molar-refractivity contribution is 5.70. The molecule has 0 fully saturated rings. The number of unbranched alkanes of at least 4 members (excludes halogenated alkanes) is 56. The van der Waals surface area contributed by atoms with E-state index in [1.807, 2.05) is 21.1 Å². The third kappa shape index (κ3) is 67.7. The van der Waals surface area contributed by atoms with E-state index >= 15 is 0 Å². The number of aliphatic carboxylic acids is 1. The maximum Gasteiger partial charge on any atom is 0.306 e. The Bertz CT molecular complexity index is 1320. The van der Waals surface area contributed by atoms with Crippen LogP contribution in [-0.4, -0.2) is 82.3 Å². The van der Waals surface area contributed by atoms with Crippen LogP contribution < -0.4 is 5.11 Å². The molecule has 494 valence electrons. The zero-order valence-electron chi connectivity index (χ0n) is 56.6. The maximum atomic E-state index is 12.9. The molecule has 0 heterocycles. The molecule has 0 saturated heterocycles. The molecule has 0 aromatic heterocycles. The molecule has 0 rings (SSSR count). The number of ether oxygens (including phenoxy) is 4. The smallest absolute Gasteiger partial charge is 0.306 e. The number of hydrogen-bond acceptors (Lipinski definition) is 8. The zero-order chi connectivity index (χ0) is 60.5. The van der Waals surface area contributed by atoms with E-state index in [2.05, 4.69) is 13.8 Å². The van der Waals surface area contributed by atoms with E-state index in [1.165, 1.54) is 334 Å². The maximum absolute atomic E-state index is 12.9. The van der Waals surface area contributed by atoms with Gasteiger partial charge < -0.3 is 33.3 Å². The zero-order valence-corrected chi connectivity index (χ0v) is 56.6. The fourth-order valence-electron chi connectivity index (χ4n) is 11.7. The highest BCUT2D eigenvalue weighted by Gasteiger charge is 2.22. The van der Waals surface area contributed by atoms with Crippen LogP contribution in [0.5, 0.6) is 0 Å². The van der Waals surface area contributed by atoms with Crippen LogP contribution in [0, 0.1) is 0 Å². The second kappa shape index (κ2) is 66.2. The Morgan fingerprint density at radius 1 is 0.313 bits per heavy atom. The van der Waals surface area contributed by atoms with Crippen LogP contribution in [0.1, 0.15) is 399 Å². The van der Waals surface area contributed by atoms with Gasteiger partial charge in [-0.1, -0.05) is 373 Å². The van der Waals surface area contributed by atoms with E-state index in [1.54, 1.807) is 0 Å². The number of rotatable bonds is 71. The molecular formula is C74H145NO8. The van der Waals surface area contributed by atoms with Gasteiger partial charge in [-0.2, -0.15) is 0 Å². The molecule has 0 spiro atoms. The van der Waals surface area contributed by atoms with Crippen LogP contribution in [-0.2, 0) is 33.3 Å². The minimum atomic E-state index is -1.62. The lowest BCUT2D eigenvalue weighted by molar-refractivity contribution is -0.870. The SMILES string of the molecule is CCCCCCCCCCCCCCCCCCCCCCCCCCCCCCCCCCCCCCC(=O)OC(COC(=O)CCCCCCCCCCCCCCCCCCCCCCCC)COC(OCC[N+](C)(C)C)C(=O)[O-]. The van der Waals surface area contributed by atoms with Crippen molar-refractivity contribution in [3.05, 3.63) is 0 Å². The molecule has 9 heteroatoms. The lowest BCUT2D eigenvalue weighted by Crippen LogP contribution is -2.44. The Morgan fingerprint density at radius 3 is 0.771 bits per heavy atom. The molecule has 0 saturated carbocycles. The van der Waals surface area contributed by atoms with Crippen LogP contribution in [0.3, 0.4) is 0 Å². The highest BCUT2D eigenvalue weighted by atomic mass is 16.7. The van der Waals surface area contributed by atoms with Crippen molar-refractivity contribution in [1.82, 2.24) is 0 Å². The molecule has 2 unspecified atom stereocenters. The average molecular weight is 1180 g/mol. The van der Waals surface area contributed by atoms with E-state index in [-0.39, 0.29) is 32.2 Å². The Hall–Kier alpha value is -1.71. The Balaban J connectivity index is 3.96. The highest BCUT2D eigenvalue weighted by Crippen LogP contribution is 2.20. The standard InChI is InChI=1S/C74H145NO8/c1-6-8-10-12-14-16-18-20-22-24-26-28-30-31-32-33-34-35-36-37-38-39-40-41-42-43-45-47-49-51-53-55-57-59-61-63-65-72(77)83-70(69-82-74(73(78)79)80-67-66-75(3,4)5)68-81-71(76)64-62-60-58-56-54-52-50-48-46-44-29-27-25-23-21-19-17-15-13-11-9-7-2/h70,74H,6-69H2,1-5H3. The largest absolute Gasteiger partial charge is 0.545 e. The number of carbonyl (C=O) groups is 3. The Kier molecular flexibility index (Phi) is 64.9. The van der Waals surface area contributed by atoms with Gasteiger partial charge in [-0.3, -0.25) is 9.59 Å². The number of esters is 2. The molecule has 0 aliphatic heterocycles. The van der Waals surface area contributed by atoms with Gasteiger partial charge in [0, 0.05) is 12.8 Å². The quantitative estimate of drug-likeness (QED) is 0.0256. The van der Waals surface area contributed by atoms with E-state index < -0.39 is 24.3 Å². The summed E-state index contributed by atoms with van der Waals surface area (Å²) in [4.78, 5) is 37.5. The summed E-state index contributed by atoms with van der Waals surface area (Å²) in [5, 5.41) is 11.8. The van der Waals surface area contributed by atoms with Gasteiger partial charge in [-0.15, -0.1) is 0 Å². The molecule has 83 heavy (non-hydrogen) atoms. The first kappa shape index (κ1) is 81.3. The number of likely N-dealkylation sites (N-methyl/N-ethyl adjacent to an activating group) is 1. The summed E-state index contributed by atoms with van der Waals surface area (Å²) in [6.45, 7) is 4.85. The third-order valence-corrected chi connectivity index (χ3v) is 17.4. The molecule has 0 bridgehead atoms. The van der Waals surface area contributed by atoms with Crippen LogP contribution in [0.15, 0.2) is 0 Å². The summed E-state index contributed by atoms with van der Waals surface area (Å²) in [6.07, 6.45) is 76.5. The summed E-state index contributed by atoms with van der Waals surface area (Å²) >= 11 is 0. The predicted octanol–water partition coefficient (Wildman–Crippen LogP) is 21.7. The van der Waals surface area contributed by atoms with Gasteiger partial charge in [0.05, 0.1) is 40.3 Å². The lowest BCUT2D eigenvalue weighted by atomic mass is 10.0. The summed E-state index contributed by atoms with van der Waals surface area (Å²) in [7, 11) is 5.95. The van der Waals surface area contributed by atoms with Crippen molar-refractivity contribution < 1.29 is 42.9 Å². The van der Waals surface area contributed by atoms with Crippen LogP contribution >= 0.6 is 0 Å². The third-order valence-electron chi connectivity index (χ3n) is 17.4. The predicted molar refractivity (Wildman–Crippen MR) is 353 cm³/mol. The summed E-state index contributed by atoms with van der Waals surface area (Å²) < 4.78 is 22.8. The normalized spacial score (nSPS) is 12.5. The van der Waals surface area contributed by atoms with Crippen molar-refractivity contribution in [2.24, 2.45) is 0 Å². The molecule has 9 nitrogen and oxygen atoms in total. The van der Waals surface area contributed by atoms with Gasteiger partial charge in [-0.25, -0.2) is 0 Å². The summed E-state index contributed by atoms with van der Waals surface area (Å²) in [5.41, 5.74) is 0. The van der Waals surface area contributed by atoms with Gasteiger partial charge in [0.2, 0.25) is 0 Å². The Labute approximate surface area is 517 Å². The summed E-state index contributed by atoms with van der Waals surface area (Å²) in [6, 6.07) is 0. The minimum absolute atomic E-state index is 0.154. The van der Waals surface area contributed by atoms with E-state index in [0.717, 1.165) is 38.5 Å². The molecule has 0 aromatic carbocycles. The minimum Gasteiger partial charge on any atom is -0.545 e. The number of carboxylic acid groups (broad SMARTS) is 1. The second-order valence-corrected chi connectivity index (χ2v) is 27.0. The Morgan fingerprint density at radius 2 is 0.542 bits per heavy atom. The molecule has 0 aromatic rings.